The third kappa shape index (κ3) is 9.84. The number of hydrogen-bond donors (Lipinski definition) is 1. The molecule has 0 amide bonds. The lowest BCUT2D eigenvalue weighted by atomic mass is 10.1. The Morgan fingerprint density at radius 1 is 1.00 bits per heavy atom. The number of aliphatic hydroxyl groups excluding tert-OH is 1. The van der Waals surface area contributed by atoms with Crippen molar-refractivity contribution in [2.24, 2.45) is 5.92 Å². The molecule has 0 rings (SSSR count). The van der Waals surface area contributed by atoms with Crippen LogP contribution in [0.5, 0.6) is 0 Å². The Morgan fingerprint density at radius 2 is 1.54 bits per heavy atom. The largest absolute Gasteiger partial charge is 0.368 e. The average Bonchev–Trinajstić information content (AvgIpc) is 1.96. The molecule has 0 saturated heterocycles. The molecular weight excluding hydrogens is 164 g/mol. The second kappa shape index (κ2) is 7.34. The van der Waals surface area contributed by atoms with Gasteiger partial charge in [-0.1, -0.05) is 26.7 Å². The van der Waals surface area contributed by atoms with Crippen LogP contribution in [0.2, 0.25) is 0 Å². The Hall–Kier alpha value is -0.0800. The van der Waals surface area contributed by atoms with E-state index in [0.717, 1.165) is 18.8 Å². The molecule has 0 aromatic carbocycles. The van der Waals surface area contributed by atoms with Crippen LogP contribution in [0.4, 0.5) is 0 Å². The zero-order chi connectivity index (χ0) is 10.3. The van der Waals surface area contributed by atoms with Gasteiger partial charge in [-0.25, -0.2) is 0 Å². The van der Waals surface area contributed by atoms with Gasteiger partial charge in [0.15, 0.2) is 6.29 Å². The van der Waals surface area contributed by atoms with Gasteiger partial charge in [0, 0.05) is 0 Å². The number of ether oxygens (including phenoxy) is 1. The van der Waals surface area contributed by atoms with Crippen LogP contribution in [0.15, 0.2) is 0 Å². The first kappa shape index (κ1) is 12.9. The van der Waals surface area contributed by atoms with E-state index in [1.54, 1.807) is 0 Å². The van der Waals surface area contributed by atoms with Gasteiger partial charge in [0.2, 0.25) is 0 Å². The van der Waals surface area contributed by atoms with Crippen molar-refractivity contribution < 1.29 is 9.84 Å². The van der Waals surface area contributed by atoms with Crippen LogP contribution in [0, 0.1) is 5.92 Å². The minimum atomic E-state index is -0.563. The van der Waals surface area contributed by atoms with Crippen LogP contribution >= 0.6 is 0 Å². The molecule has 13 heavy (non-hydrogen) atoms. The second-order valence-electron chi connectivity index (χ2n) is 4.32. The van der Waals surface area contributed by atoms with Gasteiger partial charge in [0.05, 0.1) is 6.10 Å². The highest BCUT2D eigenvalue weighted by atomic mass is 16.6. The maximum Gasteiger partial charge on any atom is 0.154 e. The molecule has 2 nitrogen and oxygen atoms in total. The van der Waals surface area contributed by atoms with E-state index in [4.69, 9.17) is 4.74 Å². The molecule has 0 aliphatic rings. The van der Waals surface area contributed by atoms with Crippen molar-refractivity contribution in [2.75, 3.05) is 0 Å². The number of unbranched alkanes of at least 4 members (excludes halogenated alkanes) is 1. The van der Waals surface area contributed by atoms with E-state index < -0.39 is 6.29 Å². The number of hydrogen-bond acceptors (Lipinski definition) is 2. The van der Waals surface area contributed by atoms with Gasteiger partial charge in [-0.2, -0.15) is 0 Å². The SMILES string of the molecule is CC(C)CCCCC(O)OC(C)C. The number of rotatable bonds is 7. The van der Waals surface area contributed by atoms with Gasteiger partial charge in [-0.15, -0.1) is 0 Å². The lowest BCUT2D eigenvalue weighted by Gasteiger charge is -2.14. The van der Waals surface area contributed by atoms with Crippen molar-refractivity contribution in [2.45, 2.75) is 65.8 Å². The Balaban J connectivity index is 3.22. The molecule has 0 aromatic heterocycles. The summed E-state index contributed by atoms with van der Waals surface area (Å²) in [6.45, 7) is 8.33. The Morgan fingerprint density at radius 3 is 2.00 bits per heavy atom. The summed E-state index contributed by atoms with van der Waals surface area (Å²) in [6.07, 6.45) is 3.83. The Labute approximate surface area is 82.3 Å². The molecule has 0 spiro atoms. The normalized spacial score (nSPS) is 14.1. The fourth-order valence-electron chi connectivity index (χ4n) is 1.25. The Bertz CT molecular complexity index is 111. The van der Waals surface area contributed by atoms with Gasteiger partial charge in [0.1, 0.15) is 0 Å². The molecule has 1 unspecified atom stereocenters. The standard InChI is InChI=1S/C11H24O2/c1-9(2)7-5-6-8-11(12)13-10(3)4/h9-12H,5-8H2,1-4H3. The third-order valence-corrected chi connectivity index (χ3v) is 1.91. The summed E-state index contributed by atoms with van der Waals surface area (Å²) < 4.78 is 5.21. The summed E-state index contributed by atoms with van der Waals surface area (Å²) in [5.41, 5.74) is 0. The average molecular weight is 188 g/mol. The first-order valence-corrected chi connectivity index (χ1v) is 5.36. The van der Waals surface area contributed by atoms with E-state index >= 15 is 0 Å². The predicted molar refractivity (Wildman–Crippen MR) is 55.5 cm³/mol. The van der Waals surface area contributed by atoms with Crippen molar-refractivity contribution in [3.05, 3.63) is 0 Å². The summed E-state index contributed by atoms with van der Waals surface area (Å²) in [7, 11) is 0. The van der Waals surface area contributed by atoms with E-state index in [2.05, 4.69) is 13.8 Å². The fraction of sp³-hybridized carbons (Fsp3) is 1.00. The van der Waals surface area contributed by atoms with E-state index in [-0.39, 0.29) is 6.10 Å². The van der Waals surface area contributed by atoms with Crippen molar-refractivity contribution >= 4 is 0 Å². The molecule has 80 valence electrons. The maximum absolute atomic E-state index is 9.36. The summed E-state index contributed by atoms with van der Waals surface area (Å²) in [4.78, 5) is 0. The van der Waals surface area contributed by atoms with Crippen LogP contribution < -0.4 is 0 Å². The van der Waals surface area contributed by atoms with E-state index in [1.165, 1.54) is 12.8 Å². The van der Waals surface area contributed by atoms with Crippen molar-refractivity contribution in [1.82, 2.24) is 0 Å². The topological polar surface area (TPSA) is 29.5 Å². The van der Waals surface area contributed by atoms with Gasteiger partial charge in [-0.3, -0.25) is 0 Å². The van der Waals surface area contributed by atoms with Crippen molar-refractivity contribution in [1.29, 1.82) is 0 Å². The van der Waals surface area contributed by atoms with E-state index in [0.29, 0.717) is 0 Å². The first-order chi connectivity index (χ1) is 6.02. The molecular formula is C11H24O2. The molecule has 0 bridgehead atoms. The highest BCUT2D eigenvalue weighted by Crippen LogP contribution is 2.10. The molecule has 2 heteroatoms. The van der Waals surface area contributed by atoms with Crippen LogP contribution in [0.3, 0.4) is 0 Å². The zero-order valence-corrected chi connectivity index (χ0v) is 9.42. The van der Waals surface area contributed by atoms with Gasteiger partial charge < -0.3 is 9.84 Å². The quantitative estimate of drug-likeness (QED) is 0.491. The molecule has 0 fully saturated rings. The molecule has 0 heterocycles. The maximum atomic E-state index is 9.36. The molecule has 1 N–H and O–H groups in total. The summed E-state index contributed by atoms with van der Waals surface area (Å²) in [5.74, 6) is 0.767. The molecule has 0 aliphatic heterocycles. The minimum absolute atomic E-state index is 0.125. The molecule has 0 saturated carbocycles. The van der Waals surface area contributed by atoms with Crippen LogP contribution in [0.25, 0.3) is 0 Å². The molecule has 0 aliphatic carbocycles. The highest BCUT2D eigenvalue weighted by molar-refractivity contribution is 4.50. The minimum Gasteiger partial charge on any atom is -0.368 e. The van der Waals surface area contributed by atoms with Crippen LogP contribution in [0.1, 0.15) is 53.4 Å². The highest BCUT2D eigenvalue weighted by Gasteiger charge is 2.05. The van der Waals surface area contributed by atoms with Crippen molar-refractivity contribution in [3.63, 3.8) is 0 Å². The second-order valence-corrected chi connectivity index (χ2v) is 4.32. The van der Waals surface area contributed by atoms with Crippen LogP contribution in [-0.4, -0.2) is 17.5 Å². The molecule has 1 atom stereocenters. The summed E-state index contributed by atoms with van der Waals surface area (Å²) in [6, 6.07) is 0. The van der Waals surface area contributed by atoms with E-state index in [9.17, 15) is 5.11 Å². The smallest absolute Gasteiger partial charge is 0.154 e. The number of aliphatic hydroxyl groups is 1. The fourth-order valence-corrected chi connectivity index (χ4v) is 1.25. The Kier molecular flexibility index (Phi) is 7.29. The lowest BCUT2D eigenvalue weighted by molar-refractivity contribution is -0.129. The van der Waals surface area contributed by atoms with Gasteiger partial charge in [-0.05, 0) is 32.6 Å². The molecule has 0 radical (unpaired) electrons. The molecule has 0 aromatic rings. The first-order valence-electron chi connectivity index (χ1n) is 5.36. The summed E-state index contributed by atoms with van der Waals surface area (Å²) in [5, 5.41) is 9.36. The van der Waals surface area contributed by atoms with Gasteiger partial charge in [0.25, 0.3) is 0 Å². The zero-order valence-electron chi connectivity index (χ0n) is 9.42. The third-order valence-electron chi connectivity index (χ3n) is 1.91. The van der Waals surface area contributed by atoms with Gasteiger partial charge >= 0.3 is 0 Å². The predicted octanol–water partition coefficient (Wildman–Crippen LogP) is 2.95. The van der Waals surface area contributed by atoms with E-state index in [1.807, 2.05) is 13.8 Å². The monoisotopic (exact) mass is 188 g/mol. The van der Waals surface area contributed by atoms with Crippen LogP contribution in [-0.2, 0) is 4.74 Å². The lowest BCUT2D eigenvalue weighted by Crippen LogP contribution is -2.16. The van der Waals surface area contributed by atoms with Crippen molar-refractivity contribution in [3.8, 4) is 0 Å². The summed E-state index contributed by atoms with van der Waals surface area (Å²) >= 11 is 0.